The Balaban J connectivity index is 1.01. The van der Waals surface area contributed by atoms with E-state index in [4.69, 9.17) is 4.42 Å². The summed E-state index contributed by atoms with van der Waals surface area (Å²) in [5.41, 5.74) is 12.3. The van der Waals surface area contributed by atoms with E-state index >= 15 is 0 Å². The van der Waals surface area contributed by atoms with E-state index in [1.165, 1.54) is 64.3 Å². The van der Waals surface area contributed by atoms with Crippen molar-refractivity contribution in [2.45, 2.75) is 0 Å². The van der Waals surface area contributed by atoms with Gasteiger partial charge in [0.1, 0.15) is 11.2 Å². The fourth-order valence-corrected chi connectivity index (χ4v) is 9.38. The maximum atomic E-state index is 6.23. The van der Waals surface area contributed by atoms with Crippen LogP contribution in [0.25, 0.3) is 86.3 Å². The minimum Gasteiger partial charge on any atom is -0.456 e. The summed E-state index contributed by atoms with van der Waals surface area (Å²) in [6.45, 7) is 0. The molecular weight excluding hydrogens is 687 g/mol. The molecule has 0 unspecified atom stereocenters. The van der Waals surface area contributed by atoms with Gasteiger partial charge in [-0.2, -0.15) is 0 Å². The van der Waals surface area contributed by atoms with Crippen LogP contribution < -0.4 is 4.90 Å². The third-order valence-electron chi connectivity index (χ3n) is 10.9. The summed E-state index contributed by atoms with van der Waals surface area (Å²) in [6, 6.07) is 72.2. The van der Waals surface area contributed by atoms with Gasteiger partial charge in [0.25, 0.3) is 0 Å². The van der Waals surface area contributed by atoms with E-state index in [1.807, 2.05) is 23.5 Å². The van der Waals surface area contributed by atoms with Crippen molar-refractivity contribution in [3.63, 3.8) is 0 Å². The van der Waals surface area contributed by atoms with Gasteiger partial charge in [-0.25, -0.2) is 0 Å². The number of benzene rings is 9. The first-order valence-electron chi connectivity index (χ1n) is 18.7. The lowest BCUT2D eigenvalue weighted by Crippen LogP contribution is -2.09. The topological polar surface area (TPSA) is 16.4 Å². The lowest BCUT2D eigenvalue weighted by atomic mass is 9.95. The average molecular weight is 720 g/mol. The van der Waals surface area contributed by atoms with E-state index < -0.39 is 0 Å². The first-order chi connectivity index (χ1) is 27.2. The van der Waals surface area contributed by atoms with Crippen molar-refractivity contribution in [1.29, 1.82) is 0 Å². The second-order valence-electron chi connectivity index (χ2n) is 14.1. The number of furan rings is 1. The quantitative estimate of drug-likeness (QED) is 0.170. The summed E-state index contributed by atoms with van der Waals surface area (Å²) in [7, 11) is 0. The third-order valence-corrected chi connectivity index (χ3v) is 12.0. The molecule has 9 aromatic carbocycles. The normalized spacial score (nSPS) is 11.6. The highest BCUT2D eigenvalue weighted by Crippen LogP contribution is 2.43. The maximum absolute atomic E-state index is 6.23. The zero-order valence-corrected chi connectivity index (χ0v) is 30.6. The molecule has 0 saturated carbocycles. The standard InChI is InChI=1S/C52H33NOS/c1-2-14-42-35(10-1)11-8-17-43(42)38-13-7-12-37(32-38)34-22-26-39(27-23-34)53(41-30-31-49-47(33-41)45-15-3-5-19-48(45)54-49)40-28-24-36(25-29-40)44-18-9-21-51-52(44)46-16-4-6-20-50(46)55-51/h1-33H. The molecule has 0 spiro atoms. The Morgan fingerprint density at radius 3 is 1.80 bits per heavy atom. The summed E-state index contributed by atoms with van der Waals surface area (Å²) in [6.07, 6.45) is 0. The summed E-state index contributed by atoms with van der Waals surface area (Å²) in [5.74, 6) is 0. The van der Waals surface area contributed by atoms with Crippen molar-refractivity contribution in [3.05, 3.63) is 200 Å². The van der Waals surface area contributed by atoms with Crippen LogP contribution in [0.4, 0.5) is 17.1 Å². The molecule has 0 aliphatic heterocycles. The van der Waals surface area contributed by atoms with Gasteiger partial charge in [-0.1, -0.05) is 133 Å². The van der Waals surface area contributed by atoms with E-state index in [0.29, 0.717) is 0 Å². The van der Waals surface area contributed by atoms with Crippen LogP contribution in [-0.4, -0.2) is 0 Å². The van der Waals surface area contributed by atoms with Gasteiger partial charge >= 0.3 is 0 Å². The van der Waals surface area contributed by atoms with Gasteiger partial charge in [0, 0.05) is 48.0 Å². The number of thiophene rings is 1. The van der Waals surface area contributed by atoms with Crippen molar-refractivity contribution in [2.24, 2.45) is 0 Å². The Bertz CT molecular complexity index is 3200. The van der Waals surface area contributed by atoms with Gasteiger partial charge in [-0.3, -0.25) is 0 Å². The van der Waals surface area contributed by atoms with Gasteiger partial charge < -0.3 is 9.32 Å². The Kier molecular flexibility index (Phi) is 7.39. The van der Waals surface area contributed by atoms with Crippen LogP contribution in [-0.2, 0) is 0 Å². The highest BCUT2D eigenvalue weighted by Gasteiger charge is 2.17. The Hall–Kier alpha value is -6.94. The van der Waals surface area contributed by atoms with E-state index in [2.05, 4.69) is 193 Å². The van der Waals surface area contributed by atoms with E-state index in [-0.39, 0.29) is 0 Å². The Morgan fingerprint density at radius 1 is 0.345 bits per heavy atom. The van der Waals surface area contributed by atoms with Gasteiger partial charge in [-0.15, -0.1) is 11.3 Å². The van der Waals surface area contributed by atoms with Gasteiger partial charge in [-0.05, 0) is 111 Å². The number of para-hydroxylation sites is 1. The molecule has 0 N–H and O–H groups in total. The van der Waals surface area contributed by atoms with Crippen LogP contribution in [0.5, 0.6) is 0 Å². The van der Waals surface area contributed by atoms with E-state index in [1.54, 1.807) is 0 Å². The molecule has 11 aromatic rings. The fraction of sp³-hybridized carbons (Fsp3) is 0. The van der Waals surface area contributed by atoms with Gasteiger partial charge in [0.05, 0.1) is 0 Å². The molecule has 0 atom stereocenters. The number of hydrogen-bond acceptors (Lipinski definition) is 3. The monoisotopic (exact) mass is 719 g/mol. The summed E-state index contributed by atoms with van der Waals surface area (Å²) >= 11 is 1.86. The van der Waals surface area contributed by atoms with Crippen LogP contribution in [0.2, 0.25) is 0 Å². The molecule has 0 radical (unpaired) electrons. The van der Waals surface area contributed by atoms with E-state index in [0.717, 1.165) is 39.0 Å². The number of hydrogen-bond donors (Lipinski definition) is 0. The predicted octanol–water partition coefficient (Wildman–Crippen LogP) is 15.6. The molecule has 3 heteroatoms. The summed E-state index contributed by atoms with van der Waals surface area (Å²) in [5, 5.41) is 7.38. The first-order valence-corrected chi connectivity index (χ1v) is 19.5. The van der Waals surface area contributed by atoms with Crippen LogP contribution in [0.1, 0.15) is 0 Å². The van der Waals surface area contributed by atoms with Crippen LogP contribution in [0, 0.1) is 0 Å². The average Bonchev–Trinajstić information content (AvgIpc) is 3.83. The van der Waals surface area contributed by atoms with Crippen molar-refractivity contribution in [1.82, 2.24) is 0 Å². The zero-order valence-electron chi connectivity index (χ0n) is 29.8. The second-order valence-corrected chi connectivity index (χ2v) is 15.2. The Labute approximate surface area is 322 Å². The molecule has 2 aromatic heterocycles. The molecule has 0 fully saturated rings. The lowest BCUT2D eigenvalue weighted by molar-refractivity contribution is 0.669. The minimum absolute atomic E-state index is 0.887. The largest absolute Gasteiger partial charge is 0.456 e. The predicted molar refractivity (Wildman–Crippen MR) is 235 cm³/mol. The summed E-state index contributed by atoms with van der Waals surface area (Å²) in [4.78, 5) is 2.35. The molecule has 0 saturated heterocycles. The molecule has 2 nitrogen and oxygen atoms in total. The number of anilines is 3. The lowest BCUT2D eigenvalue weighted by Gasteiger charge is -2.26. The molecule has 55 heavy (non-hydrogen) atoms. The second kappa shape index (κ2) is 12.9. The smallest absolute Gasteiger partial charge is 0.135 e. The van der Waals surface area contributed by atoms with Crippen LogP contribution >= 0.6 is 11.3 Å². The minimum atomic E-state index is 0.887. The molecule has 2 heterocycles. The third kappa shape index (κ3) is 5.40. The first kappa shape index (κ1) is 31.6. The maximum Gasteiger partial charge on any atom is 0.135 e. The van der Waals surface area contributed by atoms with Crippen molar-refractivity contribution in [2.75, 3.05) is 4.90 Å². The molecule has 258 valence electrons. The van der Waals surface area contributed by atoms with E-state index in [9.17, 15) is 0 Å². The van der Waals surface area contributed by atoms with Crippen LogP contribution in [0.3, 0.4) is 0 Å². The molecule has 0 amide bonds. The zero-order chi connectivity index (χ0) is 36.3. The molecule has 0 aliphatic carbocycles. The number of rotatable bonds is 6. The SMILES string of the molecule is c1cc(-c2ccc(N(c3ccc(-c4cccc5sc6ccccc6c45)cc3)c3ccc4oc5ccccc5c4c3)cc2)cc(-c2cccc3ccccc23)c1. The Morgan fingerprint density at radius 2 is 0.945 bits per heavy atom. The summed E-state index contributed by atoms with van der Waals surface area (Å²) < 4.78 is 8.87. The fourth-order valence-electron chi connectivity index (χ4n) is 8.25. The van der Waals surface area contributed by atoms with Gasteiger partial charge in [0.15, 0.2) is 0 Å². The highest BCUT2D eigenvalue weighted by atomic mass is 32.1. The van der Waals surface area contributed by atoms with Crippen molar-refractivity contribution < 1.29 is 4.42 Å². The number of nitrogens with zero attached hydrogens (tertiary/aromatic N) is 1. The number of fused-ring (bicyclic) bond motifs is 7. The van der Waals surface area contributed by atoms with Crippen LogP contribution in [0.15, 0.2) is 205 Å². The van der Waals surface area contributed by atoms with Crippen molar-refractivity contribution >= 4 is 81.3 Å². The molecule has 0 aliphatic rings. The molecule has 11 rings (SSSR count). The van der Waals surface area contributed by atoms with Crippen molar-refractivity contribution in [3.8, 4) is 33.4 Å². The molecular formula is C52H33NOS. The molecule has 0 bridgehead atoms. The van der Waals surface area contributed by atoms with Gasteiger partial charge in [0.2, 0.25) is 0 Å². The highest BCUT2D eigenvalue weighted by molar-refractivity contribution is 7.25.